The van der Waals surface area contributed by atoms with E-state index in [4.69, 9.17) is 14.0 Å². The fourth-order valence-corrected chi connectivity index (χ4v) is 2.16. The second-order valence-corrected chi connectivity index (χ2v) is 5.74. The summed E-state index contributed by atoms with van der Waals surface area (Å²) in [5, 5.41) is 9.34. The van der Waals surface area contributed by atoms with Gasteiger partial charge in [-0.05, 0) is 59.3 Å². The van der Waals surface area contributed by atoms with E-state index in [1.165, 1.54) is 0 Å². The summed E-state index contributed by atoms with van der Waals surface area (Å²) in [7, 11) is 0. The molecule has 0 amide bonds. The molecule has 1 heterocycles. The Balaban J connectivity index is 3.41. The van der Waals surface area contributed by atoms with Crippen molar-refractivity contribution in [3.05, 3.63) is 23.9 Å². The first-order chi connectivity index (χ1) is 9.80. The van der Waals surface area contributed by atoms with Gasteiger partial charge in [-0.15, -0.1) is 0 Å². The number of nitriles is 1. The van der Waals surface area contributed by atoms with Crippen LogP contribution in [0.1, 0.15) is 47.1 Å². The predicted molar refractivity (Wildman–Crippen MR) is 83.0 cm³/mol. The number of pyridine rings is 1. The van der Waals surface area contributed by atoms with Crippen LogP contribution in [0.25, 0.3) is 0 Å². The Morgan fingerprint density at radius 1 is 1.00 bits per heavy atom. The van der Waals surface area contributed by atoms with Gasteiger partial charge in [-0.3, -0.25) is 4.98 Å². The molecule has 0 N–H and O–H groups in total. The normalized spacial score (nSPS) is 12.2. The number of nitrogens with zero attached hydrogens (tertiary/aromatic N) is 2. The highest BCUT2D eigenvalue weighted by Crippen LogP contribution is 2.18. The third-order valence-electron chi connectivity index (χ3n) is 2.65. The molecule has 0 fully saturated rings. The lowest BCUT2D eigenvalue weighted by atomic mass is 9.69. The number of hydrogen-bond acceptors (Lipinski definition) is 5. The molecule has 21 heavy (non-hydrogen) atoms. The van der Waals surface area contributed by atoms with Crippen LogP contribution in [0.5, 0.6) is 0 Å². The van der Waals surface area contributed by atoms with Crippen LogP contribution in [0, 0.1) is 11.3 Å². The van der Waals surface area contributed by atoms with Gasteiger partial charge in [-0.25, -0.2) is 0 Å². The van der Waals surface area contributed by atoms with Crippen LogP contribution in [-0.4, -0.2) is 30.1 Å². The van der Waals surface area contributed by atoms with Crippen molar-refractivity contribution in [3.63, 3.8) is 0 Å². The minimum Gasteiger partial charge on any atom is -0.538 e. The number of rotatable bonds is 7. The minimum absolute atomic E-state index is 0.129. The molecule has 0 atom stereocenters. The molecule has 0 aliphatic rings. The zero-order valence-electron chi connectivity index (χ0n) is 13.7. The Morgan fingerprint density at radius 3 is 1.86 bits per heavy atom. The second kappa shape index (κ2) is 7.55. The molecule has 116 valence electrons. The summed E-state index contributed by atoms with van der Waals surface area (Å²) in [6.45, 7) is 9.13. The Kier molecular flexibility index (Phi) is 6.34. The molecular weight excluding hydrogens is 267 g/mol. The van der Waals surface area contributed by atoms with Gasteiger partial charge in [0.05, 0.1) is 6.07 Å². The van der Waals surface area contributed by atoms with Crippen molar-refractivity contribution < 1.29 is 14.0 Å². The molecular formula is C15H24BN2O3-. The summed E-state index contributed by atoms with van der Waals surface area (Å²) in [6.07, 6.45) is 1.23. The van der Waals surface area contributed by atoms with E-state index in [2.05, 4.69) is 11.1 Å². The molecule has 5 nitrogen and oxygen atoms in total. The molecule has 0 aliphatic carbocycles. The first kappa shape index (κ1) is 17.6. The molecule has 1 rings (SSSR count). The first-order valence-corrected chi connectivity index (χ1v) is 7.33. The monoisotopic (exact) mass is 291 g/mol. The van der Waals surface area contributed by atoms with Crippen LogP contribution in [0.3, 0.4) is 0 Å². The zero-order valence-corrected chi connectivity index (χ0v) is 13.7. The largest absolute Gasteiger partial charge is 0.538 e. The molecule has 1 aromatic heterocycles. The molecule has 0 spiro atoms. The smallest absolute Gasteiger partial charge is 0.429 e. The van der Waals surface area contributed by atoms with Crippen molar-refractivity contribution in [1.29, 1.82) is 5.26 Å². The van der Waals surface area contributed by atoms with Gasteiger partial charge in [0, 0.05) is 30.1 Å². The van der Waals surface area contributed by atoms with Crippen molar-refractivity contribution in [3.8, 4) is 6.07 Å². The SMILES string of the molecule is CC(C)O[B-](OC(C)C)(OC(C)C)c1ncccc1C#N. The Hall–Kier alpha value is -1.42. The molecule has 0 bridgehead atoms. The predicted octanol–water partition coefficient (Wildman–Crippen LogP) is 2.37. The van der Waals surface area contributed by atoms with Crippen molar-refractivity contribution in [1.82, 2.24) is 4.98 Å². The first-order valence-electron chi connectivity index (χ1n) is 7.33. The van der Waals surface area contributed by atoms with E-state index < -0.39 is 6.75 Å². The van der Waals surface area contributed by atoms with Gasteiger partial charge >= 0.3 is 6.75 Å². The maximum Gasteiger partial charge on any atom is 0.429 e. The lowest BCUT2D eigenvalue weighted by Gasteiger charge is -2.45. The summed E-state index contributed by atoms with van der Waals surface area (Å²) in [6, 6.07) is 5.54. The average Bonchev–Trinajstić information content (AvgIpc) is 2.36. The fourth-order valence-electron chi connectivity index (χ4n) is 2.16. The van der Waals surface area contributed by atoms with Gasteiger partial charge in [-0.2, -0.15) is 5.26 Å². The Morgan fingerprint density at radius 2 is 1.48 bits per heavy atom. The quantitative estimate of drug-likeness (QED) is 0.722. The molecule has 0 aromatic carbocycles. The topological polar surface area (TPSA) is 64.4 Å². The minimum atomic E-state index is -2.28. The van der Waals surface area contributed by atoms with Crippen LogP contribution < -0.4 is 5.59 Å². The third kappa shape index (κ3) is 4.81. The molecule has 0 unspecified atom stereocenters. The molecule has 0 radical (unpaired) electrons. The molecule has 0 aliphatic heterocycles. The standard InChI is InChI=1S/C15H24BN2O3/c1-11(2)19-16(20-12(3)4,21-13(5)6)15-14(10-17)8-7-9-18-15/h7-9,11-13H,1-6H3/q-1. The van der Waals surface area contributed by atoms with Crippen molar-refractivity contribution in [2.75, 3.05) is 0 Å². The molecule has 6 heteroatoms. The van der Waals surface area contributed by atoms with Gasteiger partial charge in [0.15, 0.2) is 0 Å². The van der Waals surface area contributed by atoms with Gasteiger partial charge in [-0.1, -0.05) is 0 Å². The Labute approximate surface area is 127 Å². The summed E-state index contributed by atoms with van der Waals surface area (Å²) in [4.78, 5) is 4.31. The second-order valence-electron chi connectivity index (χ2n) is 5.74. The highest BCUT2D eigenvalue weighted by molar-refractivity contribution is 6.75. The lowest BCUT2D eigenvalue weighted by Crippen LogP contribution is -2.62. The maximum atomic E-state index is 9.34. The summed E-state index contributed by atoms with van der Waals surface area (Å²) < 4.78 is 18.0. The third-order valence-corrected chi connectivity index (χ3v) is 2.65. The molecule has 0 saturated heterocycles. The van der Waals surface area contributed by atoms with E-state index in [1.54, 1.807) is 18.3 Å². The van der Waals surface area contributed by atoms with E-state index in [-0.39, 0.29) is 18.3 Å². The maximum absolute atomic E-state index is 9.34. The summed E-state index contributed by atoms with van der Waals surface area (Å²) >= 11 is 0. The lowest BCUT2D eigenvalue weighted by molar-refractivity contribution is 0.0146. The van der Waals surface area contributed by atoms with E-state index in [1.807, 2.05) is 41.5 Å². The highest BCUT2D eigenvalue weighted by Gasteiger charge is 2.38. The van der Waals surface area contributed by atoms with Crippen LogP contribution in [0.4, 0.5) is 0 Å². The average molecular weight is 291 g/mol. The number of hydrogen-bond donors (Lipinski definition) is 0. The van der Waals surface area contributed by atoms with Crippen LogP contribution in [-0.2, 0) is 14.0 Å². The van der Waals surface area contributed by atoms with Gasteiger partial charge in [0.25, 0.3) is 0 Å². The van der Waals surface area contributed by atoms with Gasteiger partial charge in [0.1, 0.15) is 0 Å². The summed E-state index contributed by atoms with van der Waals surface area (Å²) in [5.41, 5.74) is 0.815. The fraction of sp³-hybridized carbons (Fsp3) is 0.600. The Bertz CT molecular complexity index is 471. The highest BCUT2D eigenvalue weighted by atomic mass is 16.8. The van der Waals surface area contributed by atoms with Crippen LogP contribution in [0.2, 0.25) is 0 Å². The van der Waals surface area contributed by atoms with E-state index in [9.17, 15) is 5.26 Å². The van der Waals surface area contributed by atoms with Crippen LogP contribution >= 0.6 is 0 Å². The molecule has 0 saturated carbocycles. The van der Waals surface area contributed by atoms with Crippen molar-refractivity contribution in [2.24, 2.45) is 0 Å². The zero-order chi connectivity index (χ0) is 16.0. The van der Waals surface area contributed by atoms with E-state index >= 15 is 0 Å². The number of aromatic nitrogens is 1. The van der Waals surface area contributed by atoms with Crippen molar-refractivity contribution in [2.45, 2.75) is 59.9 Å². The molecule has 1 aromatic rings. The van der Waals surface area contributed by atoms with Gasteiger partial charge < -0.3 is 14.0 Å². The van der Waals surface area contributed by atoms with E-state index in [0.717, 1.165) is 0 Å². The van der Waals surface area contributed by atoms with E-state index in [0.29, 0.717) is 11.2 Å². The van der Waals surface area contributed by atoms with Crippen LogP contribution in [0.15, 0.2) is 18.3 Å². The van der Waals surface area contributed by atoms with Gasteiger partial charge in [0.2, 0.25) is 0 Å². The summed E-state index contributed by atoms with van der Waals surface area (Å²) in [5.74, 6) is 0. The van der Waals surface area contributed by atoms with Crippen molar-refractivity contribution >= 4 is 12.3 Å².